The number of aromatic nitrogens is 2. The Morgan fingerprint density at radius 1 is 1.40 bits per heavy atom. The molecule has 2 aromatic rings. The number of amides is 5. The van der Waals surface area contributed by atoms with Crippen molar-refractivity contribution in [2.45, 2.75) is 13.0 Å². The molecule has 16 nitrogen and oxygen atoms in total. The maximum absolute atomic E-state index is 12.6. The number of nitrogens with zero attached hydrogens (tertiary/aromatic N) is 4. The second-order valence-corrected chi connectivity index (χ2v) is 9.20. The Balaban J connectivity index is 1.58. The normalized spacial score (nSPS) is 15.7. The number of halogens is 1. The summed E-state index contributed by atoms with van der Waals surface area (Å²) in [6.07, 6.45) is 0. The smallest absolute Gasteiger partial charge is 0.339 e. The molecule has 0 saturated carbocycles. The molecule has 0 aliphatic carbocycles. The summed E-state index contributed by atoms with van der Waals surface area (Å²) in [6.45, 7) is 1.24. The highest BCUT2D eigenvalue weighted by molar-refractivity contribution is 7.91. The number of nitrogens with one attached hydrogen (secondary N) is 4. The molecule has 1 aliphatic heterocycles. The van der Waals surface area contributed by atoms with Crippen molar-refractivity contribution in [3.63, 3.8) is 0 Å². The van der Waals surface area contributed by atoms with Gasteiger partial charge >= 0.3 is 16.2 Å². The predicted octanol–water partition coefficient (Wildman–Crippen LogP) is -0.639. The van der Waals surface area contributed by atoms with Gasteiger partial charge < -0.3 is 20.0 Å². The Morgan fingerprint density at radius 3 is 2.74 bits per heavy atom. The van der Waals surface area contributed by atoms with E-state index in [-0.39, 0.29) is 34.8 Å². The molecule has 3 rings (SSSR count). The number of hydrogen-bond acceptors (Lipinski definition) is 12. The van der Waals surface area contributed by atoms with Crippen LogP contribution in [0.25, 0.3) is 0 Å². The minimum Gasteiger partial charge on any atom is -0.398 e. The minimum absolute atomic E-state index is 0.0421. The summed E-state index contributed by atoms with van der Waals surface area (Å²) < 4.78 is 32.3. The maximum atomic E-state index is 12.6. The number of rotatable bonds is 9. The number of urea groups is 1. The zero-order valence-corrected chi connectivity index (χ0v) is 20.3. The van der Waals surface area contributed by atoms with Crippen molar-refractivity contribution in [2.24, 2.45) is 5.16 Å². The first-order valence-corrected chi connectivity index (χ1v) is 12.3. The number of thiazole rings is 1. The van der Waals surface area contributed by atoms with Crippen LogP contribution in [0.5, 0.6) is 0 Å². The number of carbonyl (C=O) groups is 4. The van der Waals surface area contributed by atoms with E-state index in [1.807, 2.05) is 4.72 Å². The van der Waals surface area contributed by atoms with E-state index in [0.29, 0.717) is 10.6 Å². The number of alkyl halides is 1. The average Bonchev–Trinajstić information content (AvgIpc) is 3.41. The van der Waals surface area contributed by atoms with Gasteiger partial charge in [0.25, 0.3) is 11.8 Å². The van der Waals surface area contributed by atoms with Crippen molar-refractivity contribution in [1.82, 2.24) is 25.1 Å². The number of β-lactam (4-membered cyclic amide) rings is 1. The van der Waals surface area contributed by atoms with Crippen LogP contribution in [0.1, 0.15) is 11.4 Å². The van der Waals surface area contributed by atoms with Crippen molar-refractivity contribution in [1.29, 1.82) is 0 Å². The lowest BCUT2D eigenvalue weighted by Gasteiger charge is -2.36. The molecule has 0 radical (unpaired) electrons. The van der Waals surface area contributed by atoms with Gasteiger partial charge in [-0.05, 0) is 6.92 Å². The fraction of sp³-hybridized carbons (Fsp3) is 0.312. The standard InChI is InChI=1S/C16H17ClN8O8S2/c1-7-3-11(33-21-7)23-35(30,31)24-16(29)25-5-8(14(25)28)18-13(27)12(22-32-2)9-6-34-15(19-9)20-10(26)4-17/h3,6,8,23H,4-5H2,1-2H3,(H,18,27)(H,24,29)(H,19,20,26)/b22-12-/t8-/m0/s1. The van der Waals surface area contributed by atoms with Crippen LogP contribution in [-0.2, 0) is 29.4 Å². The molecule has 1 saturated heterocycles. The van der Waals surface area contributed by atoms with Crippen LogP contribution < -0.4 is 20.1 Å². The molecule has 1 atom stereocenters. The van der Waals surface area contributed by atoms with Gasteiger partial charge in [0.2, 0.25) is 11.8 Å². The fourth-order valence-corrected chi connectivity index (χ4v) is 4.10. The van der Waals surface area contributed by atoms with Crippen molar-refractivity contribution in [2.75, 3.05) is 29.6 Å². The predicted molar refractivity (Wildman–Crippen MR) is 121 cm³/mol. The number of aryl methyl sites for hydroxylation is 1. The molecular weight excluding hydrogens is 532 g/mol. The lowest BCUT2D eigenvalue weighted by Crippen LogP contribution is -2.68. The third-order valence-electron chi connectivity index (χ3n) is 4.08. The zero-order chi connectivity index (χ0) is 25.8. The first kappa shape index (κ1) is 25.8. The van der Waals surface area contributed by atoms with Crippen molar-refractivity contribution >= 4 is 73.6 Å². The summed E-state index contributed by atoms with van der Waals surface area (Å²) in [6, 6.07) is -1.11. The van der Waals surface area contributed by atoms with Gasteiger partial charge in [-0.25, -0.2) is 19.2 Å². The topological polar surface area (TPSA) is 214 Å². The molecule has 2 aromatic heterocycles. The summed E-state index contributed by atoms with van der Waals surface area (Å²) in [5.41, 5.74) is 0.135. The van der Waals surface area contributed by atoms with Gasteiger partial charge in [-0.1, -0.05) is 10.3 Å². The highest BCUT2D eigenvalue weighted by Gasteiger charge is 2.43. The van der Waals surface area contributed by atoms with Gasteiger partial charge in [-0.3, -0.25) is 19.3 Å². The van der Waals surface area contributed by atoms with E-state index in [1.165, 1.54) is 18.6 Å². The molecule has 3 heterocycles. The molecule has 1 fully saturated rings. The third-order valence-corrected chi connectivity index (χ3v) is 5.99. The van der Waals surface area contributed by atoms with Gasteiger partial charge in [-0.2, -0.15) is 8.42 Å². The molecular formula is C16H17ClN8O8S2. The molecule has 0 bridgehead atoms. The van der Waals surface area contributed by atoms with E-state index in [0.717, 1.165) is 11.3 Å². The summed E-state index contributed by atoms with van der Waals surface area (Å²) in [5.74, 6) is -2.76. The maximum Gasteiger partial charge on any atom is 0.339 e. The SMILES string of the molecule is CO/N=C(\C(=O)N[C@H]1CN(C(=O)NS(=O)(=O)Nc2cc(C)no2)C1=O)c1csc(NC(=O)CCl)n1. The number of likely N-dealkylation sites (tertiary alicyclic amines) is 1. The van der Waals surface area contributed by atoms with E-state index in [9.17, 15) is 27.6 Å². The number of anilines is 2. The lowest BCUT2D eigenvalue weighted by molar-refractivity contribution is -0.141. The second-order valence-electron chi connectivity index (χ2n) is 6.66. The Bertz CT molecular complexity index is 1290. The first-order chi connectivity index (χ1) is 16.5. The fourth-order valence-electron chi connectivity index (χ4n) is 2.57. The monoisotopic (exact) mass is 548 g/mol. The molecule has 188 valence electrons. The van der Waals surface area contributed by atoms with E-state index in [4.69, 9.17) is 16.1 Å². The summed E-state index contributed by atoms with van der Waals surface area (Å²) >= 11 is 6.42. The number of hydrogen-bond donors (Lipinski definition) is 4. The van der Waals surface area contributed by atoms with Crippen LogP contribution in [0, 0.1) is 6.92 Å². The molecule has 1 aliphatic rings. The summed E-state index contributed by atoms with van der Waals surface area (Å²) in [7, 11) is -3.23. The van der Waals surface area contributed by atoms with Crippen molar-refractivity contribution in [3.05, 3.63) is 22.8 Å². The lowest BCUT2D eigenvalue weighted by atomic mass is 10.1. The van der Waals surface area contributed by atoms with E-state index in [2.05, 4.69) is 30.8 Å². The average molecular weight is 549 g/mol. The third kappa shape index (κ3) is 6.43. The summed E-state index contributed by atoms with van der Waals surface area (Å²) in [4.78, 5) is 57.8. The van der Waals surface area contributed by atoms with Crippen LogP contribution in [0.3, 0.4) is 0 Å². The minimum atomic E-state index is -4.42. The Kier molecular flexibility index (Phi) is 7.87. The van der Waals surface area contributed by atoms with Crippen LogP contribution in [0.4, 0.5) is 15.8 Å². The van der Waals surface area contributed by atoms with Crippen LogP contribution in [0.2, 0.25) is 0 Å². The highest BCUT2D eigenvalue weighted by atomic mass is 35.5. The Morgan fingerprint density at radius 2 is 2.14 bits per heavy atom. The van der Waals surface area contributed by atoms with Gasteiger partial charge in [0.15, 0.2) is 10.8 Å². The Labute approximate surface area is 206 Å². The van der Waals surface area contributed by atoms with E-state index >= 15 is 0 Å². The van der Waals surface area contributed by atoms with Crippen LogP contribution >= 0.6 is 22.9 Å². The number of carbonyl (C=O) groups excluding carboxylic acids is 4. The molecule has 0 spiro atoms. The van der Waals surface area contributed by atoms with Crippen LogP contribution in [-0.4, -0.2) is 78.5 Å². The zero-order valence-electron chi connectivity index (χ0n) is 17.9. The summed E-state index contributed by atoms with van der Waals surface area (Å²) in [5, 5.41) is 13.4. The van der Waals surface area contributed by atoms with Gasteiger partial charge in [0, 0.05) is 11.4 Å². The van der Waals surface area contributed by atoms with Gasteiger partial charge in [-0.15, -0.1) is 22.9 Å². The molecule has 4 N–H and O–H groups in total. The number of oxime groups is 1. The van der Waals surface area contributed by atoms with Crippen LogP contribution in [0.15, 0.2) is 21.1 Å². The molecule has 0 unspecified atom stereocenters. The quantitative estimate of drug-likeness (QED) is 0.134. The highest BCUT2D eigenvalue weighted by Crippen LogP contribution is 2.18. The first-order valence-electron chi connectivity index (χ1n) is 9.36. The van der Waals surface area contributed by atoms with Gasteiger partial charge in [0.05, 0.1) is 12.2 Å². The molecule has 35 heavy (non-hydrogen) atoms. The molecule has 5 amide bonds. The second kappa shape index (κ2) is 10.7. The molecule has 19 heteroatoms. The van der Waals surface area contributed by atoms with E-state index < -0.39 is 40.0 Å². The van der Waals surface area contributed by atoms with Crippen molar-refractivity contribution in [3.8, 4) is 0 Å². The van der Waals surface area contributed by atoms with Gasteiger partial charge in [0.1, 0.15) is 24.7 Å². The number of imide groups is 1. The largest absolute Gasteiger partial charge is 0.398 e. The van der Waals surface area contributed by atoms with E-state index in [1.54, 1.807) is 11.6 Å². The molecule has 0 aromatic carbocycles. The van der Waals surface area contributed by atoms with Crippen molar-refractivity contribution < 1.29 is 37.0 Å². The Hall–Kier alpha value is -3.77.